The third-order valence-corrected chi connectivity index (χ3v) is 4.16. The fraction of sp³-hybridized carbons (Fsp3) is 0.235. The number of aryl methyl sites for hydroxylation is 2. The smallest absolute Gasteiger partial charge is 0.288 e. The third-order valence-electron chi connectivity index (χ3n) is 3.33. The van der Waals surface area contributed by atoms with Crippen LogP contribution in [0.5, 0.6) is 5.75 Å². The molecule has 1 N–H and O–H groups in total. The van der Waals surface area contributed by atoms with Gasteiger partial charge in [0.15, 0.2) is 0 Å². The van der Waals surface area contributed by atoms with Crippen LogP contribution in [-0.4, -0.2) is 17.5 Å². The van der Waals surface area contributed by atoms with Crippen LogP contribution in [0.1, 0.15) is 16.7 Å². The number of hydrogen-bond acceptors (Lipinski definition) is 4. The summed E-state index contributed by atoms with van der Waals surface area (Å²) in [5.74, 6) is 0.806. The molecule has 0 amide bonds. The molecule has 4 nitrogen and oxygen atoms in total. The summed E-state index contributed by atoms with van der Waals surface area (Å²) in [6.45, 7) is 4.34. The van der Waals surface area contributed by atoms with Gasteiger partial charge in [-0.2, -0.15) is 5.06 Å². The monoisotopic (exact) mass is 395 g/mol. The van der Waals surface area contributed by atoms with Crippen molar-refractivity contribution in [2.45, 2.75) is 20.5 Å². The van der Waals surface area contributed by atoms with Crippen molar-refractivity contribution in [3.63, 3.8) is 0 Å². The van der Waals surface area contributed by atoms with E-state index in [1.165, 1.54) is 12.7 Å². The van der Waals surface area contributed by atoms with E-state index in [1.807, 2.05) is 38.1 Å². The van der Waals surface area contributed by atoms with Crippen LogP contribution in [0.15, 0.2) is 40.9 Å². The van der Waals surface area contributed by atoms with Crippen LogP contribution in [0.4, 0.5) is 5.69 Å². The molecule has 0 aliphatic rings. The van der Waals surface area contributed by atoms with Crippen molar-refractivity contribution in [2.75, 3.05) is 12.2 Å². The number of ether oxygens (including phenoxy) is 2. The van der Waals surface area contributed by atoms with Gasteiger partial charge in [-0.15, -0.1) is 0 Å². The number of rotatable bonds is 4. The van der Waals surface area contributed by atoms with E-state index < -0.39 is 0 Å². The van der Waals surface area contributed by atoms with Gasteiger partial charge in [-0.05, 0) is 55.9 Å². The van der Waals surface area contributed by atoms with E-state index in [9.17, 15) is 5.21 Å². The molecule has 0 saturated heterocycles. The minimum absolute atomic E-state index is 0.0277. The fourth-order valence-corrected chi connectivity index (χ4v) is 2.68. The Morgan fingerprint density at radius 1 is 1.22 bits per heavy atom. The summed E-state index contributed by atoms with van der Waals surface area (Å²) >= 11 is 8.40. The summed E-state index contributed by atoms with van der Waals surface area (Å²) in [7, 11) is 1.41. The number of thiocarbonyl (C=S) groups is 1. The normalized spacial score (nSPS) is 10.3. The molecule has 0 bridgehead atoms. The van der Waals surface area contributed by atoms with E-state index in [0.29, 0.717) is 12.3 Å². The van der Waals surface area contributed by atoms with Crippen LogP contribution in [-0.2, 0) is 11.3 Å². The van der Waals surface area contributed by atoms with Crippen molar-refractivity contribution >= 4 is 39.0 Å². The summed E-state index contributed by atoms with van der Waals surface area (Å²) in [4.78, 5) is 0. The predicted octanol–water partition coefficient (Wildman–Crippen LogP) is 4.77. The lowest BCUT2D eigenvalue weighted by atomic mass is 10.1. The third kappa shape index (κ3) is 4.43. The van der Waals surface area contributed by atoms with E-state index in [2.05, 4.69) is 22.0 Å². The highest BCUT2D eigenvalue weighted by Crippen LogP contribution is 2.27. The van der Waals surface area contributed by atoms with Crippen LogP contribution < -0.4 is 9.80 Å². The van der Waals surface area contributed by atoms with E-state index in [0.717, 1.165) is 26.4 Å². The average molecular weight is 396 g/mol. The van der Waals surface area contributed by atoms with Crippen molar-refractivity contribution in [1.82, 2.24) is 0 Å². The van der Waals surface area contributed by atoms with Crippen molar-refractivity contribution in [3.05, 3.63) is 57.6 Å². The lowest BCUT2D eigenvalue weighted by molar-refractivity contribution is 0.264. The highest BCUT2D eigenvalue weighted by atomic mass is 79.9. The minimum Gasteiger partial charge on any atom is -0.489 e. The molecule has 23 heavy (non-hydrogen) atoms. The summed E-state index contributed by atoms with van der Waals surface area (Å²) < 4.78 is 11.7. The molecule has 0 saturated carbocycles. The Balaban J connectivity index is 2.24. The predicted molar refractivity (Wildman–Crippen MR) is 98.3 cm³/mol. The Bertz CT molecular complexity index is 721. The number of methoxy groups -OCH3 is 1. The second kappa shape index (κ2) is 7.77. The van der Waals surface area contributed by atoms with Gasteiger partial charge in [0, 0.05) is 10.0 Å². The van der Waals surface area contributed by atoms with Gasteiger partial charge in [0.05, 0.1) is 12.8 Å². The Kier molecular flexibility index (Phi) is 5.98. The second-order valence-electron chi connectivity index (χ2n) is 5.11. The maximum atomic E-state index is 10.1. The van der Waals surface area contributed by atoms with Gasteiger partial charge >= 0.3 is 0 Å². The van der Waals surface area contributed by atoms with Gasteiger partial charge in [-0.25, -0.2) is 0 Å². The summed E-state index contributed by atoms with van der Waals surface area (Å²) in [6.07, 6.45) is 0. The van der Waals surface area contributed by atoms with E-state index in [1.54, 1.807) is 6.07 Å². The standard InChI is InChI=1S/C17H18BrNO3S/c1-11-4-7-16(12(2)8-11)22-10-13-9-14(18)5-6-15(13)19(20)17(23)21-3/h4-9,20H,10H2,1-3H3. The topological polar surface area (TPSA) is 41.9 Å². The van der Waals surface area contributed by atoms with Crippen LogP contribution in [0.25, 0.3) is 0 Å². The SMILES string of the molecule is COC(=S)N(O)c1ccc(Br)cc1COc1ccc(C)cc1C. The van der Waals surface area contributed by atoms with Crippen LogP contribution in [0.2, 0.25) is 0 Å². The first-order valence-corrected chi connectivity index (χ1v) is 8.18. The molecular weight excluding hydrogens is 378 g/mol. The summed E-state index contributed by atoms with van der Waals surface area (Å²) in [5, 5.41) is 11.0. The Labute approximate surface area is 149 Å². The van der Waals surface area contributed by atoms with Crippen molar-refractivity contribution < 1.29 is 14.7 Å². The van der Waals surface area contributed by atoms with Gasteiger partial charge in [-0.1, -0.05) is 33.6 Å². The number of anilines is 1. The molecule has 0 unspecified atom stereocenters. The largest absolute Gasteiger partial charge is 0.489 e. The van der Waals surface area contributed by atoms with Gasteiger partial charge < -0.3 is 9.47 Å². The molecule has 0 radical (unpaired) electrons. The highest BCUT2D eigenvalue weighted by Gasteiger charge is 2.15. The molecule has 2 aromatic carbocycles. The first-order chi connectivity index (χ1) is 10.9. The molecule has 0 fully saturated rings. The zero-order chi connectivity index (χ0) is 17.0. The maximum Gasteiger partial charge on any atom is 0.288 e. The number of benzene rings is 2. The van der Waals surface area contributed by atoms with E-state index in [4.69, 9.17) is 21.7 Å². The van der Waals surface area contributed by atoms with Crippen LogP contribution in [0.3, 0.4) is 0 Å². The van der Waals surface area contributed by atoms with Crippen molar-refractivity contribution in [2.24, 2.45) is 0 Å². The Morgan fingerprint density at radius 2 is 1.96 bits per heavy atom. The quantitative estimate of drug-likeness (QED) is 0.596. The highest BCUT2D eigenvalue weighted by molar-refractivity contribution is 9.10. The Hall–Kier alpha value is -1.63. The lowest BCUT2D eigenvalue weighted by Crippen LogP contribution is -2.27. The zero-order valence-electron chi connectivity index (χ0n) is 13.2. The van der Waals surface area contributed by atoms with Gasteiger partial charge in [0.2, 0.25) is 0 Å². The molecule has 6 heteroatoms. The molecule has 0 aromatic heterocycles. The van der Waals surface area contributed by atoms with Gasteiger partial charge in [0.1, 0.15) is 12.4 Å². The molecule has 0 aliphatic heterocycles. The van der Waals surface area contributed by atoms with Crippen LogP contribution in [0, 0.1) is 13.8 Å². The molecule has 122 valence electrons. The first kappa shape index (κ1) is 17.7. The summed E-state index contributed by atoms with van der Waals surface area (Å²) in [6, 6.07) is 11.4. The second-order valence-corrected chi connectivity index (χ2v) is 6.38. The first-order valence-electron chi connectivity index (χ1n) is 6.98. The van der Waals surface area contributed by atoms with Gasteiger partial charge in [0.25, 0.3) is 5.17 Å². The average Bonchev–Trinajstić information content (AvgIpc) is 2.52. The number of halogens is 1. The molecule has 2 rings (SSSR count). The molecule has 2 aromatic rings. The molecule has 0 spiro atoms. The maximum absolute atomic E-state index is 10.1. The number of hydroxylamine groups is 1. The van der Waals surface area contributed by atoms with Crippen LogP contribution >= 0.6 is 28.1 Å². The minimum atomic E-state index is -0.0277. The molecule has 0 heterocycles. The number of nitrogens with zero attached hydrogens (tertiary/aromatic N) is 1. The van der Waals surface area contributed by atoms with Crippen molar-refractivity contribution in [3.8, 4) is 5.75 Å². The molecular formula is C17H18BrNO3S. The van der Waals surface area contributed by atoms with E-state index in [-0.39, 0.29) is 5.17 Å². The van der Waals surface area contributed by atoms with E-state index >= 15 is 0 Å². The molecule has 0 aliphatic carbocycles. The van der Waals surface area contributed by atoms with Crippen molar-refractivity contribution in [1.29, 1.82) is 0 Å². The lowest BCUT2D eigenvalue weighted by Gasteiger charge is -2.20. The Morgan fingerprint density at radius 3 is 2.61 bits per heavy atom. The fourth-order valence-electron chi connectivity index (χ4n) is 2.18. The summed E-state index contributed by atoms with van der Waals surface area (Å²) in [5.41, 5.74) is 3.55. The molecule has 0 atom stereocenters. The number of hydrogen-bond donors (Lipinski definition) is 1. The zero-order valence-corrected chi connectivity index (χ0v) is 15.6. The van der Waals surface area contributed by atoms with Gasteiger partial charge in [-0.3, -0.25) is 5.21 Å².